The largest absolute Gasteiger partial charge is 0.307 e. The van der Waals surface area contributed by atoms with Gasteiger partial charge in [0.1, 0.15) is 22.0 Å². The number of benzene rings is 2. The summed E-state index contributed by atoms with van der Waals surface area (Å²) < 4.78 is 13.5. The second kappa shape index (κ2) is 8.77. The van der Waals surface area contributed by atoms with Gasteiger partial charge in [-0.05, 0) is 54.7 Å². The molecule has 0 N–H and O–H groups in total. The quantitative estimate of drug-likeness (QED) is 0.282. The first kappa shape index (κ1) is 20.2. The van der Waals surface area contributed by atoms with Crippen molar-refractivity contribution in [2.24, 2.45) is 0 Å². The average molecular weight is 450 g/mol. The summed E-state index contributed by atoms with van der Waals surface area (Å²) in [5.41, 5.74) is 3.06. The van der Waals surface area contributed by atoms with Crippen LogP contribution in [-0.2, 0) is 24.2 Å². The van der Waals surface area contributed by atoms with E-state index in [1.54, 1.807) is 34.7 Å². The monoisotopic (exact) mass is 449 g/mol. The first-order chi connectivity index (χ1) is 15.2. The number of amides is 1. The summed E-state index contributed by atoms with van der Waals surface area (Å²) in [6.07, 6.45) is 4.92. The van der Waals surface area contributed by atoms with Crippen LogP contribution in [0.25, 0.3) is 10.2 Å². The number of carbonyl (C=O) groups is 1. The lowest BCUT2D eigenvalue weighted by atomic mass is 10.2. The molecule has 0 atom stereocenters. The van der Waals surface area contributed by atoms with Gasteiger partial charge in [-0.1, -0.05) is 42.1 Å². The minimum atomic E-state index is -0.320. The van der Waals surface area contributed by atoms with Crippen molar-refractivity contribution in [3.8, 4) is 0 Å². The number of carbonyl (C=O) groups excluding carboxylic acids is 1. The van der Waals surface area contributed by atoms with Crippen molar-refractivity contribution < 1.29 is 9.18 Å². The third-order valence-corrected chi connectivity index (χ3v) is 7.60. The minimum Gasteiger partial charge on any atom is -0.307 e. The summed E-state index contributed by atoms with van der Waals surface area (Å²) in [5.74, 6) is -0.111. The fraction of sp³-hybridized carbons (Fsp3) is 0.208. The second-order valence-corrected chi connectivity index (χ2v) is 9.49. The molecule has 156 valence electrons. The first-order valence-corrected chi connectivity index (χ1v) is 12.0. The molecule has 1 aliphatic rings. The van der Waals surface area contributed by atoms with Crippen molar-refractivity contribution in [2.45, 2.75) is 30.8 Å². The SMILES string of the molecule is O=C(CSc1ncnc2sc3c(c12)CCC3)N(Cc1ccccc1)c1ccc(F)cc1. The van der Waals surface area contributed by atoms with Gasteiger partial charge >= 0.3 is 0 Å². The summed E-state index contributed by atoms with van der Waals surface area (Å²) in [5, 5.41) is 1.99. The number of rotatable bonds is 6. The number of anilines is 1. The van der Waals surface area contributed by atoms with Gasteiger partial charge in [-0.3, -0.25) is 4.79 Å². The number of nitrogens with zero attached hydrogens (tertiary/aromatic N) is 3. The van der Waals surface area contributed by atoms with Gasteiger partial charge in [-0.2, -0.15) is 0 Å². The van der Waals surface area contributed by atoms with Crippen LogP contribution in [0.15, 0.2) is 66.0 Å². The van der Waals surface area contributed by atoms with Gasteiger partial charge in [-0.25, -0.2) is 14.4 Å². The fourth-order valence-corrected chi connectivity index (χ4v) is 6.12. The molecule has 31 heavy (non-hydrogen) atoms. The van der Waals surface area contributed by atoms with Gasteiger partial charge in [0.05, 0.1) is 12.3 Å². The number of hydrogen-bond acceptors (Lipinski definition) is 5. The van der Waals surface area contributed by atoms with E-state index < -0.39 is 0 Å². The number of aromatic nitrogens is 2. The number of aryl methyl sites for hydroxylation is 2. The highest BCUT2D eigenvalue weighted by molar-refractivity contribution is 8.00. The molecular weight excluding hydrogens is 429 g/mol. The van der Waals surface area contributed by atoms with Gasteiger partial charge < -0.3 is 4.90 Å². The highest BCUT2D eigenvalue weighted by Gasteiger charge is 2.23. The lowest BCUT2D eigenvalue weighted by Crippen LogP contribution is -2.32. The molecule has 2 heterocycles. The normalized spacial score (nSPS) is 12.8. The van der Waals surface area contributed by atoms with Crippen molar-refractivity contribution in [3.05, 3.63) is 82.7 Å². The van der Waals surface area contributed by atoms with Crippen molar-refractivity contribution in [3.63, 3.8) is 0 Å². The lowest BCUT2D eigenvalue weighted by molar-refractivity contribution is -0.116. The van der Waals surface area contributed by atoms with Crippen LogP contribution in [0.2, 0.25) is 0 Å². The third kappa shape index (κ3) is 4.20. The molecule has 2 aromatic carbocycles. The molecule has 0 radical (unpaired) electrons. The maximum Gasteiger partial charge on any atom is 0.237 e. The van der Waals surface area contributed by atoms with E-state index >= 15 is 0 Å². The molecule has 0 unspecified atom stereocenters. The molecule has 0 fully saturated rings. The Balaban J connectivity index is 1.40. The predicted molar refractivity (Wildman–Crippen MR) is 124 cm³/mol. The van der Waals surface area contributed by atoms with Gasteiger partial charge in [-0.15, -0.1) is 11.3 Å². The molecule has 1 aliphatic carbocycles. The van der Waals surface area contributed by atoms with Gasteiger partial charge in [0.25, 0.3) is 0 Å². The number of thiophene rings is 1. The Labute approximate surface area is 188 Å². The van der Waals surface area contributed by atoms with Crippen LogP contribution in [0.1, 0.15) is 22.4 Å². The molecule has 2 aromatic heterocycles. The summed E-state index contributed by atoms with van der Waals surface area (Å²) >= 11 is 3.20. The number of fused-ring (bicyclic) bond motifs is 3. The molecular formula is C24H20FN3OS2. The molecule has 4 nitrogen and oxygen atoms in total. The van der Waals surface area contributed by atoms with E-state index in [1.165, 1.54) is 40.8 Å². The van der Waals surface area contributed by atoms with Crippen molar-refractivity contribution in [2.75, 3.05) is 10.7 Å². The minimum absolute atomic E-state index is 0.0425. The molecule has 4 aromatic rings. The van der Waals surface area contributed by atoms with E-state index in [9.17, 15) is 9.18 Å². The van der Waals surface area contributed by atoms with Crippen LogP contribution in [0.4, 0.5) is 10.1 Å². The maximum atomic E-state index is 13.5. The van der Waals surface area contributed by atoms with Crippen LogP contribution >= 0.6 is 23.1 Å². The molecule has 0 spiro atoms. The Morgan fingerprint density at radius 1 is 1.06 bits per heavy atom. The van der Waals surface area contributed by atoms with Crippen LogP contribution in [0.3, 0.4) is 0 Å². The van der Waals surface area contributed by atoms with Crippen molar-refractivity contribution in [1.29, 1.82) is 0 Å². The molecule has 7 heteroatoms. The van der Waals surface area contributed by atoms with E-state index in [0.717, 1.165) is 33.6 Å². The Hall–Kier alpha value is -2.77. The maximum absolute atomic E-state index is 13.5. The first-order valence-electron chi connectivity index (χ1n) is 10.2. The van der Waals surface area contributed by atoms with E-state index in [-0.39, 0.29) is 17.5 Å². The zero-order chi connectivity index (χ0) is 21.2. The summed E-state index contributed by atoms with van der Waals surface area (Å²) in [6.45, 7) is 0.429. The fourth-order valence-electron chi connectivity index (χ4n) is 3.93. The zero-order valence-electron chi connectivity index (χ0n) is 16.8. The second-order valence-electron chi connectivity index (χ2n) is 7.45. The highest BCUT2D eigenvalue weighted by atomic mass is 32.2. The highest BCUT2D eigenvalue weighted by Crippen LogP contribution is 2.40. The molecule has 1 amide bonds. The van der Waals surface area contributed by atoms with Gasteiger partial charge in [0, 0.05) is 16.0 Å². The molecule has 0 aliphatic heterocycles. The molecule has 0 saturated heterocycles. The van der Waals surface area contributed by atoms with Gasteiger partial charge in [0.15, 0.2) is 0 Å². The Morgan fingerprint density at radius 3 is 2.68 bits per heavy atom. The van der Waals surface area contributed by atoms with E-state index in [4.69, 9.17) is 0 Å². The number of hydrogen-bond donors (Lipinski definition) is 0. The van der Waals surface area contributed by atoms with Crippen LogP contribution in [-0.4, -0.2) is 21.6 Å². The number of halogens is 1. The predicted octanol–water partition coefficient (Wildman–Crippen LogP) is 5.64. The Morgan fingerprint density at radius 2 is 1.87 bits per heavy atom. The van der Waals surface area contributed by atoms with E-state index in [2.05, 4.69) is 9.97 Å². The topological polar surface area (TPSA) is 46.1 Å². The summed E-state index contributed by atoms with van der Waals surface area (Å²) in [4.78, 5) is 26.3. The van der Waals surface area contributed by atoms with Crippen molar-refractivity contribution >= 4 is 44.9 Å². The third-order valence-electron chi connectivity index (χ3n) is 5.42. The smallest absolute Gasteiger partial charge is 0.237 e. The Bertz CT molecular complexity index is 1230. The lowest BCUT2D eigenvalue weighted by Gasteiger charge is -2.23. The summed E-state index contributed by atoms with van der Waals surface area (Å²) in [6, 6.07) is 15.9. The summed E-state index contributed by atoms with van der Waals surface area (Å²) in [7, 11) is 0. The van der Waals surface area contributed by atoms with E-state index in [0.29, 0.717) is 12.2 Å². The number of thioether (sulfide) groups is 1. The molecule has 0 bridgehead atoms. The van der Waals surface area contributed by atoms with Gasteiger partial charge in [0.2, 0.25) is 5.91 Å². The molecule has 0 saturated carbocycles. The average Bonchev–Trinajstić information content (AvgIpc) is 3.39. The van der Waals surface area contributed by atoms with E-state index in [1.807, 2.05) is 30.3 Å². The standard InChI is InChI=1S/C24H20FN3OS2/c25-17-9-11-18(12-10-17)28(13-16-5-2-1-3-6-16)21(29)14-30-23-22-19-7-4-8-20(19)31-24(22)27-15-26-23/h1-3,5-6,9-12,15H,4,7-8,13-14H2. The van der Waals surface area contributed by atoms with Crippen molar-refractivity contribution in [1.82, 2.24) is 9.97 Å². The van der Waals surface area contributed by atoms with Crippen LogP contribution < -0.4 is 4.90 Å². The van der Waals surface area contributed by atoms with Crippen LogP contribution in [0.5, 0.6) is 0 Å². The Kier molecular flexibility index (Phi) is 5.70. The molecule has 5 rings (SSSR count). The zero-order valence-corrected chi connectivity index (χ0v) is 18.4. The van der Waals surface area contributed by atoms with Crippen LogP contribution in [0, 0.1) is 5.82 Å².